The van der Waals surface area contributed by atoms with E-state index in [1.165, 1.54) is 5.70 Å². The van der Waals surface area contributed by atoms with Crippen LogP contribution < -0.4 is 0 Å². The maximum Gasteiger partial charge on any atom is 0.0925 e. The molecule has 0 bridgehead atoms. The Labute approximate surface area is 84.7 Å². The molecule has 1 aliphatic carbocycles. The Morgan fingerprint density at radius 2 is 2.36 bits per heavy atom. The van der Waals surface area contributed by atoms with Gasteiger partial charge in [0.1, 0.15) is 0 Å². The Bertz CT molecular complexity index is 242. The molecule has 1 radical (unpaired) electrons. The first-order valence-electron chi connectivity index (χ1n) is 5.07. The van der Waals surface area contributed by atoms with Crippen LogP contribution in [-0.2, 0) is 4.74 Å². The Kier molecular flexibility index (Phi) is 3.22. The van der Waals surface area contributed by atoms with Gasteiger partial charge in [-0.1, -0.05) is 12.2 Å². The Morgan fingerprint density at radius 1 is 1.50 bits per heavy atom. The zero-order valence-electron chi connectivity index (χ0n) is 8.22. The molecule has 1 heterocycles. The SMILES string of the molecule is OCCOC1CN(C2=CC[CH]C=C2)C1. The second-order valence-corrected chi connectivity index (χ2v) is 3.58. The molecule has 0 unspecified atom stereocenters. The van der Waals surface area contributed by atoms with Crippen molar-refractivity contribution in [1.82, 2.24) is 4.90 Å². The van der Waals surface area contributed by atoms with Crippen LogP contribution in [0.5, 0.6) is 0 Å². The highest BCUT2D eigenvalue weighted by atomic mass is 16.5. The standard InChI is InChI=1S/C11H16NO2/c13-6-7-14-11-8-12(9-11)10-4-2-1-3-5-10/h1-2,4-5,11,13H,3,6-9H2. The van der Waals surface area contributed by atoms with Crippen LogP contribution >= 0.6 is 0 Å². The lowest BCUT2D eigenvalue weighted by atomic mass is 10.1. The zero-order valence-corrected chi connectivity index (χ0v) is 8.22. The lowest BCUT2D eigenvalue weighted by molar-refractivity contribution is -0.0488. The van der Waals surface area contributed by atoms with Crippen LogP contribution in [0.3, 0.4) is 0 Å². The molecule has 0 aromatic carbocycles. The second kappa shape index (κ2) is 4.62. The molecule has 0 aromatic rings. The number of hydrogen-bond acceptors (Lipinski definition) is 3. The van der Waals surface area contributed by atoms with E-state index >= 15 is 0 Å². The van der Waals surface area contributed by atoms with Crippen molar-refractivity contribution in [2.24, 2.45) is 0 Å². The molecular formula is C11H16NO2. The van der Waals surface area contributed by atoms with Gasteiger partial charge < -0.3 is 14.7 Å². The van der Waals surface area contributed by atoms with Crippen LogP contribution in [0.2, 0.25) is 0 Å². The fraction of sp³-hybridized carbons (Fsp3) is 0.545. The fourth-order valence-corrected chi connectivity index (χ4v) is 1.71. The monoisotopic (exact) mass is 194 g/mol. The molecule has 14 heavy (non-hydrogen) atoms. The van der Waals surface area contributed by atoms with Gasteiger partial charge in [-0.15, -0.1) is 0 Å². The molecule has 1 saturated heterocycles. The van der Waals surface area contributed by atoms with Gasteiger partial charge in [-0.05, 0) is 18.9 Å². The van der Waals surface area contributed by atoms with E-state index in [0.29, 0.717) is 12.7 Å². The lowest BCUT2D eigenvalue weighted by Crippen LogP contribution is -2.51. The number of nitrogens with zero attached hydrogens (tertiary/aromatic N) is 1. The molecular weight excluding hydrogens is 178 g/mol. The van der Waals surface area contributed by atoms with Crippen molar-refractivity contribution in [1.29, 1.82) is 0 Å². The quantitative estimate of drug-likeness (QED) is 0.716. The number of hydrogen-bond donors (Lipinski definition) is 1. The van der Waals surface area contributed by atoms with Gasteiger partial charge in [0, 0.05) is 18.8 Å². The summed E-state index contributed by atoms with van der Waals surface area (Å²) in [5.41, 5.74) is 1.30. The maximum atomic E-state index is 8.58. The molecule has 1 N–H and O–H groups in total. The van der Waals surface area contributed by atoms with Gasteiger partial charge in [-0.25, -0.2) is 0 Å². The fourth-order valence-electron chi connectivity index (χ4n) is 1.71. The molecule has 2 aliphatic rings. The van der Waals surface area contributed by atoms with Gasteiger partial charge >= 0.3 is 0 Å². The summed E-state index contributed by atoms with van der Waals surface area (Å²) >= 11 is 0. The average molecular weight is 194 g/mol. The van der Waals surface area contributed by atoms with E-state index in [2.05, 4.69) is 29.5 Å². The highest BCUT2D eigenvalue weighted by Crippen LogP contribution is 2.21. The van der Waals surface area contributed by atoms with Gasteiger partial charge in [0.2, 0.25) is 0 Å². The summed E-state index contributed by atoms with van der Waals surface area (Å²) in [6.07, 6.45) is 9.93. The number of likely N-dealkylation sites (tertiary alicyclic amines) is 1. The van der Waals surface area contributed by atoms with Crippen molar-refractivity contribution < 1.29 is 9.84 Å². The topological polar surface area (TPSA) is 32.7 Å². The van der Waals surface area contributed by atoms with Crippen molar-refractivity contribution in [3.63, 3.8) is 0 Å². The summed E-state index contributed by atoms with van der Waals surface area (Å²) < 4.78 is 5.40. The summed E-state index contributed by atoms with van der Waals surface area (Å²) in [7, 11) is 0. The van der Waals surface area contributed by atoms with E-state index in [1.54, 1.807) is 0 Å². The summed E-state index contributed by atoms with van der Waals surface area (Å²) in [6.45, 7) is 2.49. The number of aliphatic hydroxyl groups excluding tert-OH is 1. The van der Waals surface area contributed by atoms with Gasteiger partial charge in [-0.2, -0.15) is 0 Å². The molecule has 0 aromatic heterocycles. The largest absolute Gasteiger partial charge is 0.394 e. The van der Waals surface area contributed by atoms with Gasteiger partial charge in [0.05, 0.1) is 19.3 Å². The molecule has 0 atom stereocenters. The summed E-state index contributed by atoms with van der Waals surface area (Å²) in [5.74, 6) is 0. The number of rotatable bonds is 4. The Balaban J connectivity index is 1.72. The van der Waals surface area contributed by atoms with Crippen molar-refractivity contribution in [2.45, 2.75) is 12.5 Å². The van der Waals surface area contributed by atoms with Crippen molar-refractivity contribution in [3.05, 3.63) is 30.3 Å². The van der Waals surface area contributed by atoms with Crippen LogP contribution in [0.25, 0.3) is 0 Å². The summed E-state index contributed by atoms with van der Waals surface area (Å²) in [4.78, 5) is 2.30. The Morgan fingerprint density at radius 3 is 3.00 bits per heavy atom. The summed E-state index contributed by atoms with van der Waals surface area (Å²) in [5, 5.41) is 8.58. The minimum atomic E-state index is 0.119. The van der Waals surface area contributed by atoms with Gasteiger partial charge in [0.15, 0.2) is 0 Å². The highest BCUT2D eigenvalue weighted by Gasteiger charge is 2.27. The number of aliphatic hydroxyl groups is 1. The number of allylic oxidation sites excluding steroid dienone is 3. The van der Waals surface area contributed by atoms with E-state index in [0.717, 1.165) is 19.5 Å². The first kappa shape index (κ1) is 9.74. The van der Waals surface area contributed by atoms with Crippen LogP contribution in [-0.4, -0.2) is 42.4 Å². The smallest absolute Gasteiger partial charge is 0.0925 e. The number of ether oxygens (including phenoxy) is 1. The third-order valence-corrected chi connectivity index (χ3v) is 2.52. The van der Waals surface area contributed by atoms with E-state index in [9.17, 15) is 0 Å². The third-order valence-electron chi connectivity index (χ3n) is 2.52. The highest BCUT2D eigenvalue weighted by molar-refractivity contribution is 5.27. The minimum absolute atomic E-state index is 0.119. The van der Waals surface area contributed by atoms with E-state index in [1.807, 2.05) is 0 Å². The molecule has 3 nitrogen and oxygen atoms in total. The second-order valence-electron chi connectivity index (χ2n) is 3.58. The van der Waals surface area contributed by atoms with Crippen LogP contribution in [0.4, 0.5) is 0 Å². The third kappa shape index (κ3) is 2.16. The molecule has 77 valence electrons. The average Bonchev–Trinajstić information content (AvgIpc) is 2.17. The van der Waals surface area contributed by atoms with E-state index < -0.39 is 0 Å². The first-order valence-corrected chi connectivity index (χ1v) is 5.07. The molecule has 0 spiro atoms. The molecule has 2 rings (SSSR count). The van der Waals surface area contributed by atoms with Crippen molar-refractivity contribution >= 4 is 0 Å². The molecule has 0 saturated carbocycles. The zero-order chi connectivity index (χ0) is 9.80. The van der Waals surface area contributed by atoms with E-state index in [4.69, 9.17) is 9.84 Å². The van der Waals surface area contributed by atoms with Crippen LogP contribution in [0, 0.1) is 6.42 Å². The van der Waals surface area contributed by atoms with Crippen LogP contribution in [0.1, 0.15) is 6.42 Å². The van der Waals surface area contributed by atoms with Gasteiger partial charge in [-0.3, -0.25) is 0 Å². The van der Waals surface area contributed by atoms with E-state index in [-0.39, 0.29) is 6.61 Å². The Hall–Kier alpha value is -0.800. The maximum absolute atomic E-state index is 8.58. The van der Waals surface area contributed by atoms with Crippen molar-refractivity contribution in [3.8, 4) is 0 Å². The lowest BCUT2D eigenvalue weighted by Gasteiger charge is -2.41. The molecule has 1 fully saturated rings. The molecule has 1 aliphatic heterocycles. The normalized spacial score (nSPS) is 22.1. The first-order chi connectivity index (χ1) is 6.90. The predicted molar refractivity (Wildman–Crippen MR) is 54.5 cm³/mol. The van der Waals surface area contributed by atoms with Crippen LogP contribution in [0.15, 0.2) is 23.9 Å². The van der Waals surface area contributed by atoms with Crippen molar-refractivity contribution in [2.75, 3.05) is 26.3 Å². The minimum Gasteiger partial charge on any atom is -0.394 e. The summed E-state index contributed by atoms with van der Waals surface area (Å²) in [6, 6.07) is 0. The molecule has 0 amide bonds. The predicted octanol–water partition coefficient (Wildman–Crippen LogP) is 0.728. The molecule has 3 heteroatoms. The van der Waals surface area contributed by atoms with Gasteiger partial charge in [0.25, 0.3) is 0 Å².